The lowest BCUT2D eigenvalue weighted by Gasteiger charge is -2.04. The van der Waals surface area contributed by atoms with E-state index in [4.69, 9.17) is 5.73 Å². The Morgan fingerprint density at radius 2 is 2.38 bits per heavy atom. The van der Waals surface area contributed by atoms with Gasteiger partial charge < -0.3 is 10.3 Å². The van der Waals surface area contributed by atoms with Crippen molar-refractivity contribution in [3.05, 3.63) is 30.2 Å². The molecule has 13 heavy (non-hydrogen) atoms. The van der Waals surface area contributed by atoms with Crippen LogP contribution in [0, 0.1) is 0 Å². The van der Waals surface area contributed by atoms with Gasteiger partial charge in [-0.25, -0.2) is 0 Å². The van der Waals surface area contributed by atoms with Crippen LogP contribution >= 0.6 is 0 Å². The molecule has 0 bridgehead atoms. The largest absolute Gasteiger partial charge is 0.336 e. The molecule has 2 N–H and O–H groups in total. The summed E-state index contributed by atoms with van der Waals surface area (Å²) in [5.74, 6) is 0.970. The van der Waals surface area contributed by atoms with E-state index in [0.717, 1.165) is 11.5 Å². The first-order valence-electron chi connectivity index (χ1n) is 4.04. The maximum absolute atomic E-state index is 5.54. The molecule has 0 saturated heterocycles. The van der Waals surface area contributed by atoms with Gasteiger partial charge in [-0.2, -0.15) is 4.68 Å². The number of hydrogen-bond acceptors (Lipinski definition) is 3. The molecule has 0 saturated carbocycles. The predicted molar refractivity (Wildman–Crippen MR) is 48.2 cm³/mol. The van der Waals surface area contributed by atoms with Crippen molar-refractivity contribution < 1.29 is 0 Å². The van der Waals surface area contributed by atoms with E-state index in [1.54, 1.807) is 10.9 Å². The Balaban J connectivity index is 2.52. The molecule has 2 rings (SSSR count). The lowest BCUT2D eigenvalue weighted by Crippen LogP contribution is -2.09. The van der Waals surface area contributed by atoms with Crippen LogP contribution in [0.25, 0.3) is 5.82 Å². The van der Waals surface area contributed by atoms with Gasteiger partial charge in [-0.05, 0) is 12.1 Å². The summed E-state index contributed by atoms with van der Waals surface area (Å²) < 4.78 is 3.70. The minimum atomic E-state index is 0.443. The lowest BCUT2D eigenvalue weighted by molar-refractivity contribution is 0.706. The highest BCUT2D eigenvalue weighted by Gasteiger charge is 2.05. The Kier molecular flexibility index (Phi) is 1.86. The maximum atomic E-state index is 5.54. The van der Waals surface area contributed by atoms with E-state index in [9.17, 15) is 0 Å². The Hall–Kier alpha value is -1.62. The van der Waals surface area contributed by atoms with E-state index in [1.807, 2.05) is 29.9 Å². The van der Waals surface area contributed by atoms with Gasteiger partial charge in [0.05, 0.1) is 11.9 Å². The minimum absolute atomic E-state index is 0.443. The fraction of sp³-hybridized carbons (Fsp3) is 0.250. The average molecular weight is 177 g/mol. The van der Waals surface area contributed by atoms with Crippen molar-refractivity contribution in [3.63, 3.8) is 0 Å². The molecule has 0 aliphatic carbocycles. The summed E-state index contributed by atoms with van der Waals surface area (Å²) in [4.78, 5) is 0. The van der Waals surface area contributed by atoms with Gasteiger partial charge >= 0.3 is 0 Å². The van der Waals surface area contributed by atoms with Crippen LogP contribution in [0.5, 0.6) is 0 Å². The molecule has 0 fully saturated rings. The summed E-state index contributed by atoms with van der Waals surface area (Å²) in [7, 11) is 1.96. The zero-order valence-electron chi connectivity index (χ0n) is 7.38. The summed E-state index contributed by atoms with van der Waals surface area (Å²) in [6.45, 7) is 0.443. The smallest absolute Gasteiger partial charge is 0.135 e. The van der Waals surface area contributed by atoms with Crippen molar-refractivity contribution in [1.82, 2.24) is 19.6 Å². The van der Waals surface area contributed by atoms with Crippen molar-refractivity contribution in [1.29, 1.82) is 0 Å². The highest BCUT2D eigenvalue weighted by atomic mass is 15.5. The van der Waals surface area contributed by atoms with Gasteiger partial charge in [0.15, 0.2) is 0 Å². The molecule has 0 aliphatic heterocycles. The zero-order valence-corrected chi connectivity index (χ0v) is 7.38. The third kappa shape index (κ3) is 1.23. The first kappa shape index (κ1) is 8.00. The minimum Gasteiger partial charge on any atom is -0.336 e. The van der Waals surface area contributed by atoms with Gasteiger partial charge in [0.1, 0.15) is 5.82 Å². The van der Waals surface area contributed by atoms with Gasteiger partial charge in [-0.15, -0.1) is 5.10 Å². The van der Waals surface area contributed by atoms with Crippen LogP contribution in [0.4, 0.5) is 0 Å². The van der Waals surface area contributed by atoms with Crippen LogP contribution in [0.1, 0.15) is 5.69 Å². The number of aryl methyl sites for hydroxylation is 1. The molecular formula is C8H11N5. The predicted octanol–water partition coefficient (Wildman–Crippen LogP) is 0.0645. The molecule has 0 aliphatic rings. The van der Waals surface area contributed by atoms with Crippen LogP contribution in [0.3, 0.4) is 0 Å². The number of hydrogen-bond donors (Lipinski definition) is 1. The van der Waals surface area contributed by atoms with Crippen molar-refractivity contribution in [2.75, 3.05) is 0 Å². The maximum Gasteiger partial charge on any atom is 0.135 e. The molecule has 68 valence electrons. The summed E-state index contributed by atoms with van der Waals surface area (Å²) in [5, 5.41) is 7.77. The summed E-state index contributed by atoms with van der Waals surface area (Å²) in [6, 6.07) is 3.92. The Morgan fingerprint density at radius 1 is 1.54 bits per heavy atom. The van der Waals surface area contributed by atoms with Crippen LogP contribution in [-0.2, 0) is 13.6 Å². The quantitative estimate of drug-likeness (QED) is 0.705. The highest BCUT2D eigenvalue weighted by Crippen LogP contribution is 2.08. The molecule has 0 atom stereocenters. The molecule has 0 unspecified atom stereocenters. The summed E-state index contributed by atoms with van der Waals surface area (Å²) in [5.41, 5.74) is 6.45. The number of aromatic nitrogens is 4. The van der Waals surface area contributed by atoms with Crippen molar-refractivity contribution in [3.8, 4) is 5.82 Å². The van der Waals surface area contributed by atoms with Gasteiger partial charge in [0.25, 0.3) is 0 Å². The number of rotatable bonds is 2. The molecule has 2 aromatic rings. The second-order valence-corrected chi connectivity index (χ2v) is 2.82. The number of nitrogens with two attached hydrogens (primary N) is 1. The monoisotopic (exact) mass is 177 g/mol. The van der Waals surface area contributed by atoms with E-state index in [-0.39, 0.29) is 0 Å². The standard InChI is InChI=1S/C8H11N5/c1-12-4-2-3-8(12)13-7(5-9)6-10-11-13/h2-4,6H,5,9H2,1H3. The molecule has 0 amide bonds. The summed E-state index contributed by atoms with van der Waals surface area (Å²) >= 11 is 0. The second kappa shape index (κ2) is 3.02. The molecule has 5 nitrogen and oxygen atoms in total. The molecule has 0 radical (unpaired) electrons. The number of nitrogens with zero attached hydrogens (tertiary/aromatic N) is 4. The summed E-state index contributed by atoms with van der Waals surface area (Å²) in [6.07, 6.45) is 3.63. The van der Waals surface area contributed by atoms with Crippen molar-refractivity contribution in [2.45, 2.75) is 6.54 Å². The molecule has 0 spiro atoms. The van der Waals surface area contributed by atoms with Crippen LogP contribution in [0.2, 0.25) is 0 Å². The molecule has 2 aromatic heterocycles. The molecule has 0 aromatic carbocycles. The topological polar surface area (TPSA) is 61.7 Å². The van der Waals surface area contributed by atoms with Gasteiger partial charge in [0.2, 0.25) is 0 Å². The Bertz CT molecular complexity index is 400. The second-order valence-electron chi connectivity index (χ2n) is 2.82. The van der Waals surface area contributed by atoms with E-state index < -0.39 is 0 Å². The van der Waals surface area contributed by atoms with E-state index in [2.05, 4.69) is 10.3 Å². The average Bonchev–Trinajstić information content (AvgIpc) is 2.71. The highest BCUT2D eigenvalue weighted by molar-refractivity contribution is 5.25. The van der Waals surface area contributed by atoms with Crippen LogP contribution in [-0.4, -0.2) is 19.6 Å². The molecular weight excluding hydrogens is 166 g/mol. The SMILES string of the molecule is Cn1cccc1-n1nncc1CN. The van der Waals surface area contributed by atoms with Gasteiger partial charge in [0, 0.05) is 19.8 Å². The Labute approximate surface area is 75.8 Å². The van der Waals surface area contributed by atoms with Crippen LogP contribution < -0.4 is 5.73 Å². The first-order valence-corrected chi connectivity index (χ1v) is 4.04. The third-order valence-electron chi connectivity index (χ3n) is 1.96. The van der Waals surface area contributed by atoms with E-state index in [1.165, 1.54) is 0 Å². The van der Waals surface area contributed by atoms with E-state index >= 15 is 0 Å². The lowest BCUT2D eigenvalue weighted by atomic mass is 10.4. The molecule has 2 heterocycles. The van der Waals surface area contributed by atoms with Gasteiger partial charge in [-0.1, -0.05) is 5.21 Å². The zero-order chi connectivity index (χ0) is 9.26. The van der Waals surface area contributed by atoms with Crippen LogP contribution in [0.15, 0.2) is 24.5 Å². The van der Waals surface area contributed by atoms with Crippen molar-refractivity contribution in [2.24, 2.45) is 12.8 Å². The fourth-order valence-electron chi connectivity index (χ4n) is 1.26. The Morgan fingerprint density at radius 3 is 3.00 bits per heavy atom. The van der Waals surface area contributed by atoms with E-state index in [0.29, 0.717) is 6.54 Å². The van der Waals surface area contributed by atoms with Crippen molar-refractivity contribution >= 4 is 0 Å². The molecule has 5 heteroatoms. The third-order valence-corrected chi connectivity index (χ3v) is 1.96. The fourth-order valence-corrected chi connectivity index (χ4v) is 1.26. The first-order chi connectivity index (χ1) is 6.33. The normalized spacial score (nSPS) is 10.6. The van der Waals surface area contributed by atoms with Gasteiger partial charge in [-0.3, -0.25) is 0 Å².